The van der Waals surface area contributed by atoms with Crippen molar-refractivity contribution in [3.8, 4) is 0 Å². The summed E-state index contributed by atoms with van der Waals surface area (Å²) in [6.45, 7) is 5.62. The summed E-state index contributed by atoms with van der Waals surface area (Å²) in [5, 5.41) is 11.8. The third-order valence-electron chi connectivity index (χ3n) is 3.29. The third-order valence-corrected chi connectivity index (χ3v) is 3.29. The lowest BCUT2D eigenvalue weighted by molar-refractivity contribution is -0.150. The number of carboxylic acid groups (broad SMARTS) is 1. The average Bonchev–Trinajstić information content (AvgIpc) is 2.38. The molecule has 110 valence electrons. The lowest BCUT2D eigenvalue weighted by Crippen LogP contribution is -2.42. The van der Waals surface area contributed by atoms with E-state index in [2.05, 4.69) is 5.32 Å². The molecule has 19 heavy (non-hydrogen) atoms. The van der Waals surface area contributed by atoms with Gasteiger partial charge in [-0.2, -0.15) is 0 Å². The van der Waals surface area contributed by atoms with Crippen LogP contribution in [0.5, 0.6) is 0 Å². The molecular weight excluding hydrogens is 250 g/mol. The Morgan fingerprint density at radius 3 is 2.11 bits per heavy atom. The van der Waals surface area contributed by atoms with Gasteiger partial charge in [-0.25, -0.2) is 0 Å². The van der Waals surface area contributed by atoms with Crippen LogP contribution in [0.2, 0.25) is 0 Å². The van der Waals surface area contributed by atoms with Gasteiger partial charge in [0.05, 0.1) is 18.4 Å². The Labute approximate surface area is 113 Å². The van der Waals surface area contributed by atoms with Gasteiger partial charge in [0.15, 0.2) is 0 Å². The molecular formula is C13H23NO5. The van der Waals surface area contributed by atoms with E-state index in [0.717, 1.165) is 0 Å². The molecule has 6 nitrogen and oxygen atoms in total. The first-order chi connectivity index (χ1) is 8.91. The predicted molar refractivity (Wildman–Crippen MR) is 69.5 cm³/mol. The smallest absolute Gasteiger partial charge is 0.311 e. The summed E-state index contributed by atoms with van der Waals surface area (Å²) in [5.41, 5.74) is -0.931. The van der Waals surface area contributed by atoms with Gasteiger partial charge in [0, 0.05) is 13.0 Å². The molecule has 0 heterocycles. The van der Waals surface area contributed by atoms with Crippen molar-refractivity contribution >= 4 is 17.8 Å². The molecule has 0 unspecified atom stereocenters. The van der Waals surface area contributed by atoms with Crippen LogP contribution in [0.4, 0.5) is 0 Å². The monoisotopic (exact) mass is 273 g/mol. The maximum absolute atomic E-state index is 11.5. The normalized spacial score (nSPS) is 10.9. The summed E-state index contributed by atoms with van der Waals surface area (Å²) >= 11 is 0. The van der Waals surface area contributed by atoms with E-state index >= 15 is 0 Å². The van der Waals surface area contributed by atoms with Crippen LogP contribution in [-0.2, 0) is 19.1 Å². The van der Waals surface area contributed by atoms with Gasteiger partial charge in [0.1, 0.15) is 0 Å². The first-order valence-corrected chi connectivity index (χ1v) is 6.57. The minimum absolute atomic E-state index is 0.0119. The van der Waals surface area contributed by atoms with E-state index in [1.54, 1.807) is 20.8 Å². The van der Waals surface area contributed by atoms with Crippen molar-refractivity contribution in [3.05, 3.63) is 0 Å². The molecule has 0 aromatic carbocycles. The van der Waals surface area contributed by atoms with Gasteiger partial charge in [-0.3, -0.25) is 14.4 Å². The van der Waals surface area contributed by atoms with Gasteiger partial charge >= 0.3 is 11.9 Å². The highest BCUT2D eigenvalue weighted by Gasteiger charge is 2.35. The first kappa shape index (κ1) is 17.4. The van der Waals surface area contributed by atoms with Crippen molar-refractivity contribution in [1.29, 1.82) is 0 Å². The molecule has 0 radical (unpaired) electrons. The summed E-state index contributed by atoms with van der Waals surface area (Å²) in [7, 11) is 0. The van der Waals surface area contributed by atoms with Crippen molar-refractivity contribution in [2.75, 3.05) is 13.2 Å². The van der Waals surface area contributed by atoms with Gasteiger partial charge in [0.2, 0.25) is 5.91 Å². The minimum Gasteiger partial charge on any atom is -0.481 e. The summed E-state index contributed by atoms with van der Waals surface area (Å²) in [4.78, 5) is 33.8. The molecule has 6 heteroatoms. The molecule has 0 aliphatic carbocycles. The fourth-order valence-electron chi connectivity index (χ4n) is 1.68. The van der Waals surface area contributed by atoms with E-state index in [1.807, 2.05) is 0 Å². The lowest BCUT2D eigenvalue weighted by Gasteiger charge is -2.26. The van der Waals surface area contributed by atoms with E-state index in [1.165, 1.54) is 0 Å². The molecule has 0 aliphatic rings. The van der Waals surface area contributed by atoms with Crippen molar-refractivity contribution in [3.63, 3.8) is 0 Å². The molecule has 0 aromatic heterocycles. The average molecular weight is 273 g/mol. The zero-order chi connectivity index (χ0) is 14.9. The van der Waals surface area contributed by atoms with E-state index < -0.39 is 17.4 Å². The van der Waals surface area contributed by atoms with Crippen LogP contribution in [0.15, 0.2) is 0 Å². The molecule has 0 saturated carbocycles. The van der Waals surface area contributed by atoms with Gasteiger partial charge in [0.25, 0.3) is 0 Å². The second kappa shape index (κ2) is 8.50. The molecule has 0 rings (SSSR count). The molecule has 0 fully saturated rings. The zero-order valence-electron chi connectivity index (χ0n) is 11.8. The Morgan fingerprint density at radius 1 is 1.11 bits per heavy atom. The van der Waals surface area contributed by atoms with E-state index in [9.17, 15) is 19.5 Å². The van der Waals surface area contributed by atoms with Crippen LogP contribution in [0, 0.1) is 5.41 Å². The zero-order valence-corrected chi connectivity index (χ0v) is 11.8. The van der Waals surface area contributed by atoms with Crippen LogP contribution >= 0.6 is 0 Å². The van der Waals surface area contributed by atoms with E-state index in [0.29, 0.717) is 12.8 Å². The van der Waals surface area contributed by atoms with Crippen LogP contribution in [0.25, 0.3) is 0 Å². The summed E-state index contributed by atoms with van der Waals surface area (Å²) < 4.78 is 4.71. The highest BCUT2D eigenvalue weighted by molar-refractivity contribution is 5.82. The second-order valence-corrected chi connectivity index (χ2v) is 4.37. The molecule has 0 saturated heterocycles. The van der Waals surface area contributed by atoms with Crippen LogP contribution in [0.1, 0.15) is 46.5 Å². The largest absolute Gasteiger partial charge is 0.481 e. The number of nitrogens with one attached hydrogen (secondary N) is 1. The van der Waals surface area contributed by atoms with Gasteiger partial charge in [-0.05, 0) is 19.8 Å². The molecule has 0 atom stereocenters. The Kier molecular flexibility index (Phi) is 7.79. The van der Waals surface area contributed by atoms with E-state index in [4.69, 9.17) is 4.74 Å². The fraction of sp³-hybridized carbons (Fsp3) is 0.769. The number of hydrogen-bond donors (Lipinski definition) is 2. The molecule has 0 bridgehead atoms. The predicted octanol–water partition coefficient (Wildman–Crippen LogP) is 1.34. The van der Waals surface area contributed by atoms with Crippen LogP contribution in [0.3, 0.4) is 0 Å². The molecule has 1 amide bonds. The van der Waals surface area contributed by atoms with Gasteiger partial charge < -0.3 is 15.2 Å². The SMILES string of the molecule is CCOC(=O)CCC(=O)NCC(CC)(CC)C(=O)O. The number of aliphatic carboxylic acids is 1. The maximum atomic E-state index is 11.5. The highest BCUT2D eigenvalue weighted by atomic mass is 16.5. The van der Waals surface area contributed by atoms with Crippen molar-refractivity contribution in [2.45, 2.75) is 46.5 Å². The fourth-order valence-corrected chi connectivity index (χ4v) is 1.68. The van der Waals surface area contributed by atoms with Crippen LogP contribution < -0.4 is 5.32 Å². The number of carbonyl (C=O) groups is 3. The minimum atomic E-state index is -0.931. The Morgan fingerprint density at radius 2 is 1.68 bits per heavy atom. The Hall–Kier alpha value is -1.59. The van der Waals surface area contributed by atoms with Gasteiger partial charge in [-0.1, -0.05) is 13.8 Å². The van der Waals surface area contributed by atoms with Crippen LogP contribution in [-0.4, -0.2) is 36.1 Å². The molecule has 0 aliphatic heterocycles. The number of hydrogen-bond acceptors (Lipinski definition) is 4. The molecule has 0 spiro atoms. The van der Waals surface area contributed by atoms with Crippen molar-refractivity contribution in [2.24, 2.45) is 5.41 Å². The summed E-state index contributed by atoms with van der Waals surface area (Å²) in [5.74, 6) is -1.67. The first-order valence-electron chi connectivity index (χ1n) is 6.57. The van der Waals surface area contributed by atoms with Gasteiger partial charge in [-0.15, -0.1) is 0 Å². The number of carbonyl (C=O) groups excluding carboxylic acids is 2. The molecule has 2 N–H and O–H groups in total. The number of ether oxygens (including phenoxy) is 1. The topological polar surface area (TPSA) is 92.7 Å². The maximum Gasteiger partial charge on any atom is 0.311 e. The van der Waals surface area contributed by atoms with E-state index in [-0.39, 0.29) is 31.9 Å². The third kappa shape index (κ3) is 5.72. The summed E-state index contributed by atoms with van der Waals surface area (Å²) in [6, 6.07) is 0. The van der Waals surface area contributed by atoms with Crippen molar-refractivity contribution < 1.29 is 24.2 Å². The number of amides is 1. The highest BCUT2D eigenvalue weighted by Crippen LogP contribution is 2.25. The van der Waals surface area contributed by atoms with Crippen molar-refractivity contribution in [1.82, 2.24) is 5.32 Å². The number of rotatable bonds is 9. The Bertz CT molecular complexity index is 323. The summed E-state index contributed by atoms with van der Waals surface area (Å²) in [6.07, 6.45) is 0.911. The standard InChI is InChI=1S/C13H23NO5/c1-4-13(5-2,12(17)18)9-14-10(15)7-8-11(16)19-6-3/h4-9H2,1-3H3,(H,14,15)(H,17,18). The lowest BCUT2D eigenvalue weighted by atomic mass is 9.82. The second-order valence-electron chi connectivity index (χ2n) is 4.37. The number of carboxylic acids is 1. The Balaban J connectivity index is 4.20. The number of esters is 1. The molecule has 0 aromatic rings. The quantitative estimate of drug-likeness (QED) is 0.618.